The number of aliphatic hydroxyl groups excluding tert-OH is 7. The van der Waals surface area contributed by atoms with Gasteiger partial charge in [-0.2, -0.15) is 0 Å². The largest absolute Gasteiger partial charge is 0.394 e. The number of imide groups is 1. The van der Waals surface area contributed by atoms with Gasteiger partial charge in [0.15, 0.2) is 6.23 Å². The lowest BCUT2D eigenvalue weighted by Crippen LogP contribution is -2.66. The molecule has 5 aromatic rings. The van der Waals surface area contributed by atoms with Gasteiger partial charge in [-0.05, 0) is 207 Å². The minimum atomic E-state index is -1.80. The fourth-order valence-electron chi connectivity index (χ4n) is 22.5. The van der Waals surface area contributed by atoms with Crippen molar-refractivity contribution < 1.29 is 118 Å². The zero-order valence-corrected chi connectivity index (χ0v) is 79.9. The number of rotatable bonds is 40. The molecule has 4 heterocycles. The molecule has 0 bridgehead atoms. The first-order valence-corrected chi connectivity index (χ1v) is 48.9. The molecular formula is C101H143N12O23+. The quantitative estimate of drug-likeness (QED) is 0.0175. The summed E-state index contributed by atoms with van der Waals surface area (Å²) < 4.78 is 42.2. The van der Waals surface area contributed by atoms with Gasteiger partial charge in [-0.3, -0.25) is 48.5 Å². The highest BCUT2D eigenvalue weighted by molar-refractivity contribution is 6.02. The van der Waals surface area contributed by atoms with Crippen molar-refractivity contribution in [3.8, 4) is 0 Å². The number of aryl methyl sites for hydroxylation is 2. The number of hydrogen-bond donors (Lipinski definition) is 15. The highest BCUT2D eigenvalue weighted by Gasteiger charge is 2.60. The third kappa shape index (κ3) is 24.0. The molecule has 5 aliphatic carbocycles. The van der Waals surface area contributed by atoms with Gasteiger partial charge in [0.05, 0.1) is 113 Å². The number of benzene rings is 4. The molecule has 35 nitrogen and oxygen atoms in total. The van der Waals surface area contributed by atoms with Gasteiger partial charge >= 0.3 is 0 Å². The molecule has 0 radical (unpaired) electrons. The first kappa shape index (κ1) is 104. The van der Waals surface area contributed by atoms with E-state index in [4.69, 9.17) is 33.2 Å². The van der Waals surface area contributed by atoms with Crippen molar-refractivity contribution in [2.24, 2.45) is 34.5 Å². The SMILES string of the molecule is CC1=Cc2ccccc2N(C(=O)CCC(=O)NCCOCCOCCOCCOCCC(=O)NC(CCCCNC(=O)COC2CCCCCc3c2nnn3C2OC(CO)C(C3OC(CO)C(O)C(O)C3O)C(O)C2O)C(=O)NC(C(=O)NC(C)C(=O)Nc2ccc3c(c2)C2(C)CCCC(C)(C(=O)NC(=O)C4(C)CCCC5(C)c6cc([NH3+])ccc6CCC45)C2CC3)C(C)C)Cc2ccccc21. The summed E-state index contributed by atoms with van der Waals surface area (Å²) in [5.74, 6) is -5.65. The summed E-state index contributed by atoms with van der Waals surface area (Å²) in [6, 6.07) is 24.5. The van der Waals surface area contributed by atoms with E-state index >= 15 is 4.79 Å². The first-order chi connectivity index (χ1) is 65.2. The third-order valence-corrected chi connectivity index (χ3v) is 30.0. The predicted molar refractivity (Wildman–Crippen MR) is 502 cm³/mol. The molecular weight excluding hydrogens is 1750 g/mol. The number of fused-ring (bicyclic) bond motifs is 9. The Morgan fingerprint density at radius 1 is 0.574 bits per heavy atom. The maximum absolute atomic E-state index is 15.0. The lowest BCUT2D eigenvalue weighted by molar-refractivity contribution is -0.299. The molecule has 1 aromatic heterocycles. The van der Waals surface area contributed by atoms with Crippen LogP contribution in [0.25, 0.3) is 11.6 Å². The van der Waals surface area contributed by atoms with Crippen molar-refractivity contribution in [1.82, 2.24) is 46.9 Å². The lowest BCUT2D eigenvalue weighted by atomic mass is 9.49. The Kier molecular flexibility index (Phi) is 36.0. The van der Waals surface area contributed by atoms with Gasteiger partial charge in [0.25, 0.3) is 0 Å². The number of unbranched alkanes of at least 4 members (excludes halogenated alkanes) is 1. The average molecular weight is 1890 g/mol. The maximum Gasteiger partial charge on any atom is 0.246 e. The number of carbonyl (C=O) groups is 9. The highest BCUT2D eigenvalue weighted by atomic mass is 16.6. The summed E-state index contributed by atoms with van der Waals surface area (Å²) in [6.07, 6.45) is -1.69. The number of aromatic nitrogens is 3. The molecule has 20 atom stereocenters. The zero-order chi connectivity index (χ0) is 97.3. The van der Waals surface area contributed by atoms with Gasteiger partial charge in [0.1, 0.15) is 72.7 Å². The maximum atomic E-state index is 15.0. The van der Waals surface area contributed by atoms with Gasteiger partial charge in [0.2, 0.25) is 53.2 Å². The Hall–Kier alpha value is -9.41. The van der Waals surface area contributed by atoms with E-state index in [-0.39, 0.29) is 133 Å². The fraction of sp³-hybridized carbons (Fsp3) is 0.634. The van der Waals surface area contributed by atoms with E-state index in [1.807, 2.05) is 67.6 Å². The van der Waals surface area contributed by atoms with Crippen LogP contribution in [-0.4, -0.2) is 257 Å². The van der Waals surface area contributed by atoms with Crippen molar-refractivity contribution in [1.29, 1.82) is 0 Å². The number of quaternary nitrogens is 1. The molecule has 17 N–H and O–H groups in total. The molecule has 35 heteroatoms. The van der Waals surface area contributed by atoms with Gasteiger partial charge in [-0.25, -0.2) is 4.68 Å². The van der Waals surface area contributed by atoms with Crippen LogP contribution in [0.4, 0.5) is 17.1 Å². The predicted octanol–water partition coefficient (Wildman–Crippen LogP) is 5.28. The minimum Gasteiger partial charge on any atom is -0.394 e. The number of nitrogens with zero attached hydrogens (tertiary/aromatic N) is 4. The topological polar surface area (TPSA) is 506 Å². The molecule has 13 rings (SSSR count). The monoisotopic (exact) mass is 1890 g/mol. The molecule has 2 saturated carbocycles. The van der Waals surface area contributed by atoms with Crippen LogP contribution in [0, 0.1) is 34.5 Å². The molecule has 8 aliphatic rings. The fourth-order valence-corrected chi connectivity index (χ4v) is 22.5. The summed E-state index contributed by atoms with van der Waals surface area (Å²) in [6.45, 7) is 16.1. The average Bonchev–Trinajstić information content (AvgIpc) is 0.855. The number of carbonyl (C=O) groups excluding carboxylic acids is 9. The van der Waals surface area contributed by atoms with Crippen molar-refractivity contribution in [2.45, 2.75) is 287 Å². The molecule has 3 aliphatic heterocycles. The van der Waals surface area contributed by atoms with E-state index in [2.05, 4.69) is 111 Å². The van der Waals surface area contributed by atoms with Crippen LogP contribution in [0.1, 0.15) is 234 Å². The van der Waals surface area contributed by atoms with Crippen LogP contribution in [0.2, 0.25) is 0 Å². The van der Waals surface area contributed by atoms with Crippen molar-refractivity contribution in [2.75, 3.05) is 96.0 Å². The van der Waals surface area contributed by atoms with E-state index < -0.39 is 157 Å². The second kappa shape index (κ2) is 47.0. The van der Waals surface area contributed by atoms with Crippen molar-refractivity contribution >= 4 is 81.9 Å². The zero-order valence-electron chi connectivity index (χ0n) is 79.9. The van der Waals surface area contributed by atoms with Crippen LogP contribution in [0.3, 0.4) is 0 Å². The molecule has 4 fully saturated rings. The normalized spacial score (nSPS) is 28.1. The number of allylic oxidation sites excluding steroid dienone is 1. The van der Waals surface area contributed by atoms with Crippen LogP contribution in [0.15, 0.2) is 84.9 Å². The molecule has 0 spiro atoms. The molecule has 136 heavy (non-hydrogen) atoms. The van der Waals surface area contributed by atoms with Gasteiger partial charge < -0.3 is 111 Å². The van der Waals surface area contributed by atoms with E-state index in [1.165, 1.54) is 15.8 Å². The van der Waals surface area contributed by atoms with Gasteiger partial charge in [0, 0.05) is 50.0 Å². The van der Waals surface area contributed by atoms with Crippen molar-refractivity contribution in [3.05, 3.63) is 135 Å². The first-order valence-electron chi connectivity index (χ1n) is 48.9. The van der Waals surface area contributed by atoms with Crippen LogP contribution < -0.4 is 47.9 Å². The molecule has 20 unspecified atom stereocenters. The Bertz CT molecular complexity index is 5030. The van der Waals surface area contributed by atoms with Crippen LogP contribution in [0.5, 0.6) is 0 Å². The number of para-hydroxylation sites is 1. The van der Waals surface area contributed by atoms with Crippen LogP contribution >= 0.6 is 0 Å². The Labute approximate surface area is 795 Å². The molecule has 2 saturated heterocycles. The smallest absolute Gasteiger partial charge is 0.246 e. The van der Waals surface area contributed by atoms with E-state index in [1.54, 1.807) is 25.7 Å². The van der Waals surface area contributed by atoms with Gasteiger partial charge in [-0.15, -0.1) is 5.10 Å². The number of hydrogen-bond acceptors (Lipinski definition) is 25. The molecule has 744 valence electrons. The van der Waals surface area contributed by atoms with Crippen molar-refractivity contribution in [3.63, 3.8) is 0 Å². The molecule has 4 aromatic carbocycles. The minimum absolute atomic E-state index is 0.0220. The standard InChI is InChI=1S/C101H142N12O23/c1-59(2)84(94(127)105-61(4)92(125)106-67-32-28-63-30-34-78-99(6,70(63)54-67)39-19-41-101(78,8)97(129)109-96(128)100(7)40-18-38-98(5)69-53-66(102)31-27-62(69)29-33-77(98)100)108-93(126)71(107-80(117)37-44-130-46-48-132-50-51-133-49-47-131-45-43-104-79(116)35-36-82(119)112-55-65-21-12-14-22-68(65)60(3)52-64-20-13-15-24-72(64)112)23-16-17-42-103-81(118)58-134-74-26-11-9-10-25-73-85(74)110-111-113(73)95-90(124)87(121)83(75(56-114)136-95)91-89(123)88(122)86(120)76(57-115)135-91/h12-15,20-22,24,27-28,31-32,52-54,59,61,71,74-78,83-84,86-91,95,114-115,120-124H,9-11,16-19,23,25-26,29-30,33-51,55-58,102H2,1-8H3,(H,103,118)(H,104,116)(H,105,127)(H,106,125)(H,107,117)(H,108,126)(H,109,128,129)/p+1. The summed E-state index contributed by atoms with van der Waals surface area (Å²) >= 11 is 0. The number of nitrogens with one attached hydrogen (secondary N) is 7. The summed E-state index contributed by atoms with van der Waals surface area (Å²) in [5, 5.41) is 105. The summed E-state index contributed by atoms with van der Waals surface area (Å²) in [7, 11) is 0. The number of ether oxygens (including phenoxy) is 7. The van der Waals surface area contributed by atoms with E-state index in [9.17, 15) is 74.1 Å². The second-order valence-electron chi connectivity index (χ2n) is 39.6. The van der Waals surface area contributed by atoms with Gasteiger partial charge in [-0.1, -0.05) is 127 Å². The Balaban J connectivity index is 0.570. The number of anilines is 2. The molecule has 9 amide bonds. The van der Waals surface area contributed by atoms with Crippen LogP contribution in [-0.2, 0) is 113 Å². The summed E-state index contributed by atoms with van der Waals surface area (Å²) in [5.41, 5.74) is 13.8. The summed E-state index contributed by atoms with van der Waals surface area (Å²) in [4.78, 5) is 129. The number of amides is 9. The Morgan fingerprint density at radius 3 is 1.88 bits per heavy atom. The van der Waals surface area contributed by atoms with E-state index in [0.29, 0.717) is 81.4 Å². The van der Waals surface area contributed by atoms with E-state index in [0.717, 1.165) is 96.1 Å². The second-order valence-corrected chi connectivity index (χ2v) is 39.6. The Morgan fingerprint density at radius 2 is 1.21 bits per heavy atom. The third-order valence-electron chi connectivity index (χ3n) is 30.0. The highest BCUT2D eigenvalue weighted by Crippen LogP contribution is 2.60. The lowest BCUT2D eigenvalue weighted by Gasteiger charge is -2.56. The number of aliphatic hydroxyl groups is 7.